The molecule has 1 aromatic carbocycles. The van der Waals surface area contributed by atoms with Crippen LogP contribution >= 0.6 is 27.5 Å². The summed E-state index contributed by atoms with van der Waals surface area (Å²) < 4.78 is 16.3. The minimum absolute atomic E-state index is 0.353. The van der Waals surface area contributed by atoms with Gasteiger partial charge in [0.15, 0.2) is 0 Å². The van der Waals surface area contributed by atoms with Gasteiger partial charge in [-0.2, -0.15) is 0 Å². The number of benzene rings is 1. The van der Waals surface area contributed by atoms with Gasteiger partial charge in [-0.05, 0) is 30.3 Å². The molecule has 0 saturated heterocycles. The Hall–Kier alpha value is -1.59. The summed E-state index contributed by atoms with van der Waals surface area (Å²) in [6.07, 6.45) is 1.65. The highest BCUT2D eigenvalue weighted by molar-refractivity contribution is 9.10. The van der Waals surface area contributed by atoms with Crippen LogP contribution in [-0.4, -0.2) is 9.38 Å². The smallest absolute Gasteiger partial charge is 0.139 e. The minimum Gasteiger partial charge on any atom is -0.383 e. The second-order valence-corrected chi connectivity index (χ2v) is 5.40. The van der Waals surface area contributed by atoms with Gasteiger partial charge in [-0.15, -0.1) is 0 Å². The van der Waals surface area contributed by atoms with Crippen molar-refractivity contribution < 1.29 is 4.39 Å². The second-order valence-electron chi connectivity index (χ2n) is 4.05. The Labute approximate surface area is 122 Å². The predicted molar refractivity (Wildman–Crippen MR) is 77.7 cm³/mol. The molecule has 0 aliphatic carbocycles. The number of imidazole rings is 1. The molecule has 0 bridgehead atoms. The summed E-state index contributed by atoms with van der Waals surface area (Å²) in [6.45, 7) is 0. The molecule has 0 amide bonds. The van der Waals surface area contributed by atoms with Crippen LogP contribution in [0.25, 0.3) is 16.9 Å². The topological polar surface area (TPSA) is 43.3 Å². The summed E-state index contributed by atoms with van der Waals surface area (Å²) in [4.78, 5) is 4.34. The number of nitrogens with two attached hydrogens (primary N) is 1. The summed E-state index contributed by atoms with van der Waals surface area (Å²) in [7, 11) is 0. The zero-order valence-electron chi connectivity index (χ0n) is 9.57. The van der Waals surface area contributed by atoms with E-state index >= 15 is 0 Å². The third kappa shape index (κ3) is 2.09. The number of nitrogens with zero attached hydrogens (tertiary/aromatic N) is 2. The van der Waals surface area contributed by atoms with E-state index in [0.29, 0.717) is 27.7 Å². The monoisotopic (exact) mass is 339 g/mol. The molecule has 3 aromatic rings. The van der Waals surface area contributed by atoms with Crippen molar-refractivity contribution >= 4 is 39.0 Å². The van der Waals surface area contributed by atoms with Gasteiger partial charge in [-0.3, -0.25) is 4.40 Å². The number of rotatable bonds is 1. The van der Waals surface area contributed by atoms with Gasteiger partial charge in [0.2, 0.25) is 0 Å². The molecule has 0 unspecified atom stereocenters. The van der Waals surface area contributed by atoms with E-state index in [1.54, 1.807) is 34.9 Å². The molecule has 2 heterocycles. The predicted octanol–water partition coefficient (Wildman–Crippen LogP) is 4.14. The van der Waals surface area contributed by atoms with Gasteiger partial charge < -0.3 is 5.73 Å². The summed E-state index contributed by atoms with van der Waals surface area (Å²) in [6, 6.07) is 8.09. The van der Waals surface area contributed by atoms with Gasteiger partial charge >= 0.3 is 0 Å². The number of pyridine rings is 1. The standard InChI is InChI=1S/C13H8BrClFN3/c14-7-1-3-10(16)9(5-7)12-13(17)19-6-8(15)2-4-11(19)18-12/h1-6H,17H2. The first-order chi connectivity index (χ1) is 9.06. The Morgan fingerprint density at radius 3 is 2.84 bits per heavy atom. The third-order valence-corrected chi connectivity index (χ3v) is 3.52. The van der Waals surface area contributed by atoms with Crippen LogP contribution < -0.4 is 5.73 Å². The van der Waals surface area contributed by atoms with Crippen molar-refractivity contribution in [1.82, 2.24) is 9.38 Å². The lowest BCUT2D eigenvalue weighted by Gasteiger charge is -2.02. The maximum absolute atomic E-state index is 13.9. The van der Waals surface area contributed by atoms with E-state index in [9.17, 15) is 4.39 Å². The molecule has 0 radical (unpaired) electrons. The molecule has 2 N–H and O–H groups in total. The summed E-state index contributed by atoms with van der Waals surface area (Å²) >= 11 is 9.23. The average molecular weight is 341 g/mol. The number of anilines is 1. The Balaban J connectivity index is 2.31. The van der Waals surface area contributed by atoms with E-state index in [2.05, 4.69) is 20.9 Å². The average Bonchev–Trinajstić information content (AvgIpc) is 2.70. The number of hydrogen-bond donors (Lipinski definition) is 1. The highest BCUT2D eigenvalue weighted by atomic mass is 79.9. The Morgan fingerprint density at radius 2 is 2.05 bits per heavy atom. The first kappa shape index (κ1) is 12.4. The van der Waals surface area contributed by atoms with Crippen LogP contribution in [0, 0.1) is 5.82 Å². The highest BCUT2D eigenvalue weighted by Crippen LogP contribution is 2.31. The van der Waals surface area contributed by atoms with Crippen LogP contribution in [0.5, 0.6) is 0 Å². The fourth-order valence-electron chi connectivity index (χ4n) is 1.91. The lowest BCUT2D eigenvalue weighted by atomic mass is 10.1. The van der Waals surface area contributed by atoms with Gasteiger partial charge in [0.1, 0.15) is 23.0 Å². The molecule has 0 atom stereocenters. The van der Waals surface area contributed by atoms with Crippen molar-refractivity contribution in [3.05, 3.63) is 51.8 Å². The quantitative estimate of drug-likeness (QED) is 0.723. The number of halogens is 3. The lowest BCUT2D eigenvalue weighted by molar-refractivity contribution is 0.630. The molecule has 0 aliphatic heterocycles. The van der Waals surface area contributed by atoms with Crippen molar-refractivity contribution in [3.63, 3.8) is 0 Å². The van der Waals surface area contributed by atoms with Crippen LogP contribution in [-0.2, 0) is 0 Å². The maximum atomic E-state index is 13.9. The van der Waals surface area contributed by atoms with Gasteiger partial charge in [-0.1, -0.05) is 27.5 Å². The van der Waals surface area contributed by atoms with Crippen molar-refractivity contribution in [3.8, 4) is 11.3 Å². The van der Waals surface area contributed by atoms with Crippen LogP contribution in [0.3, 0.4) is 0 Å². The second kappa shape index (κ2) is 4.51. The minimum atomic E-state index is -0.371. The molecule has 3 rings (SSSR count). The van der Waals surface area contributed by atoms with E-state index in [0.717, 1.165) is 4.47 Å². The molecule has 0 saturated carbocycles. The zero-order valence-corrected chi connectivity index (χ0v) is 11.9. The number of fused-ring (bicyclic) bond motifs is 1. The van der Waals surface area contributed by atoms with Gasteiger partial charge in [0.25, 0.3) is 0 Å². The molecular formula is C13H8BrClFN3. The maximum Gasteiger partial charge on any atom is 0.139 e. The summed E-state index contributed by atoms with van der Waals surface area (Å²) in [5.41, 5.74) is 7.40. The van der Waals surface area contributed by atoms with Crippen molar-refractivity contribution in [2.45, 2.75) is 0 Å². The molecule has 2 aromatic heterocycles. The van der Waals surface area contributed by atoms with Gasteiger partial charge in [0, 0.05) is 16.2 Å². The highest BCUT2D eigenvalue weighted by Gasteiger charge is 2.15. The van der Waals surface area contributed by atoms with E-state index in [1.165, 1.54) is 6.07 Å². The van der Waals surface area contributed by atoms with Gasteiger partial charge in [-0.25, -0.2) is 9.37 Å². The summed E-state index contributed by atoms with van der Waals surface area (Å²) in [5, 5.41) is 0.540. The number of nitrogen functional groups attached to an aromatic ring is 1. The summed E-state index contributed by atoms with van der Waals surface area (Å²) in [5.74, 6) is -0.0149. The van der Waals surface area contributed by atoms with Crippen molar-refractivity contribution in [2.24, 2.45) is 0 Å². The lowest BCUT2D eigenvalue weighted by Crippen LogP contribution is -1.95. The zero-order chi connectivity index (χ0) is 13.6. The number of aromatic nitrogens is 2. The van der Waals surface area contributed by atoms with E-state index in [4.69, 9.17) is 17.3 Å². The van der Waals surface area contributed by atoms with E-state index in [-0.39, 0.29) is 5.82 Å². The normalized spacial score (nSPS) is 11.1. The Bertz CT molecular complexity index is 785. The molecular weight excluding hydrogens is 333 g/mol. The fraction of sp³-hybridized carbons (Fsp3) is 0. The van der Waals surface area contributed by atoms with Crippen molar-refractivity contribution in [2.75, 3.05) is 5.73 Å². The Kier molecular flexibility index (Phi) is 2.95. The van der Waals surface area contributed by atoms with Crippen LogP contribution in [0.1, 0.15) is 0 Å². The number of hydrogen-bond acceptors (Lipinski definition) is 2. The molecule has 96 valence electrons. The van der Waals surface area contributed by atoms with E-state index in [1.807, 2.05) is 0 Å². The molecule has 3 nitrogen and oxygen atoms in total. The molecule has 0 spiro atoms. The molecule has 0 aliphatic rings. The van der Waals surface area contributed by atoms with Crippen LogP contribution in [0.2, 0.25) is 5.02 Å². The SMILES string of the molecule is Nc1c(-c2cc(Br)ccc2F)nc2ccc(Cl)cn12. The molecule has 0 fully saturated rings. The van der Waals surface area contributed by atoms with Crippen LogP contribution in [0.15, 0.2) is 41.0 Å². The Morgan fingerprint density at radius 1 is 1.26 bits per heavy atom. The molecule has 19 heavy (non-hydrogen) atoms. The first-order valence-corrected chi connectivity index (χ1v) is 6.62. The fourth-order valence-corrected chi connectivity index (χ4v) is 2.44. The third-order valence-electron chi connectivity index (χ3n) is 2.80. The first-order valence-electron chi connectivity index (χ1n) is 5.45. The van der Waals surface area contributed by atoms with Gasteiger partial charge in [0.05, 0.1) is 5.02 Å². The van der Waals surface area contributed by atoms with Crippen LogP contribution in [0.4, 0.5) is 10.2 Å². The van der Waals surface area contributed by atoms with Crippen molar-refractivity contribution in [1.29, 1.82) is 0 Å². The molecule has 6 heteroatoms. The van der Waals surface area contributed by atoms with E-state index < -0.39 is 0 Å². The largest absolute Gasteiger partial charge is 0.383 e.